The largest absolute Gasteiger partial charge is 0.452 e. The van der Waals surface area contributed by atoms with Gasteiger partial charge in [-0.05, 0) is 35.7 Å². The highest BCUT2D eigenvalue weighted by Gasteiger charge is 2.14. The molecule has 0 aliphatic heterocycles. The minimum absolute atomic E-state index is 0.201. The molecule has 0 aliphatic carbocycles. The van der Waals surface area contributed by atoms with Crippen LogP contribution in [0.1, 0.15) is 25.3 Å². The van der Waals surface area contributed by atoms with Crippen molar-refractivity contribution in [3.8, 4) is 11.5 Å². The Labute approximate surface area is 139 Å². The van der Waals surface area contributed by atoms with Crippen molar-refractivity contribution in [2.75, 3.05) is 0 Å². The Kier molecular flexibility index (Phi) is 3.49. The molecular weight excluding hydrogens is 303 g/mol. The van der Waals surface area contributed by atoms with Gasteiger partial charge in [0.05, 0.1) is 0 Å². The van der Waals surface area contributed by atoms with Crippen LogP contribution in [-0.2, 0) is 0 Å². The molecule has 0 saturated carbocycles. The number of hydrogen-bond donors (Lipinski definition) is 0. The Morgan fingerprint density at radius 2 is 1.67 bits per heavy atom. The number of rotatable bonds is 3. The van der Waals surface area contributed by atoms with Gasteiger partial charge in [-0.1, -0.05) is 50.2 Å². The number of benzene rings is 3. The molecule has 24 heavy (non-hydrogen) atoms. The lowest BCUT2D eigenvalue weighted by atomic mass is 10.0. The van der Waals surface area contributed by atoms with Crippen molar-refractivity contribution in [3.63, 3.8) is 0 Å². The van der Waals surface area contributed by atoms with E-state index < -0.39 is 0 Å². The Bertz CT molecular complexity index is 1030. The molecule has 120 valence electrons. The van der Waals surface area contributed by atoms with Crippen LogP contribution >= 0.6 is 0 Å². The molecule has 1 aromatic heterocycles. The third kappa shape index (κ3) is 2.42. The molecule has 0 aliphatic rings. The molecule has 0 radical (unpaired) electrons. The van der Waals surface area contributed by atoms with E-state index >= 15 is 0 Å². The van der Waals surface area contributed by atoms with Gasteiger partial charge in [0, 0.05) is 10.8 Å². The summed E-state index contributed by atoms with van der Waals surface area (Å²) in [7, 11) is 0. The highest BCUT2D eigenvalue weighted by molar-refractivity contribution is 6.06. The van der Waals surface area contributed by atoms with Gasteiger partial charge in [-0.15, -0.1) is 0 Å². The molecule has 3 heteroatoms. The lowest BCUT2D eigenvalue weighted by Crippen LogP contribution is -1.93. The molecule has 0 atom stereocenters. The molecule has 0 spiro atoms. The second-order valence-corrected chi connectivity index (χ2v) is 6.18. The maximum atomic E-state index is 14.3. The molecule has 0 N–H and O–H groups in total. The summed E-state index contributed by atoms with van der Waals surface area (Å²) >= 11 is 0. The summed E-state index contributed by atoms with van der Waals surface area (Å²) in [5, 5.41) is 1.98. The normalized spacial score (nSPS) is 11.5. The fraction of sp³-hybridized carbons (Fsp3) is 0.143. The Morgan fingerprint density at radius 3 is 2.46 bits per heavy atom. The van der Waals surface area contributed by atoms with E-state index in [4.69, 9.17) is 9.15 Å². The van der Waals surface area contributed by atoms with E-state index in [-0.39, 0.29) is 17.5 Å². The second-order valence-electron chi connectivity index (χ2n) is 6.18. The minimum Gasteiger partial charge on any atom is -0.452 e. The molecular formula is C21H17FO2. The quantitative estimate of drug-likeness (QED) is 0.422. The monoisotopic (exact) mass is 320 g/mol. The van der Waals surface area contributed by atoms with Crippen LogP contribution in [0.25, 0.3) is 21.9 Å². The van der Waals surface area contributed by atoms with Crippen LogP contribution in [0.2, 0.25) is 0 Å². The first-order valence-electron chi connectivity index (χ1n) is 8.01. The standard InChI is InChI=1S/C21H17FO2/c1-13(2)14-10-11-19(17(22)12-14)23-20-9-5-7-16-15-6-3-4-8-18(15)24-21(16)20/h3-13H,1-2H3. The van der Waals surface area contributed by atoms with Gasteiger partial charge >= 0.3 is 0 Å². The fourth-order valence-electron chi connectivity index (χ4n) is 2.88. The molecule has 4 aromatic rings. The average Bonchev–Trinajstić information content (AvgIpc) is 2.96. The first kappa shape index (κ1) is 14.8. The summed E-state index contributed by atoms with van der Waals surface area (Å²) < 4.78 is 26.1. The van der Waals surface area contributed by atoms with Crippen LogP contribution in [0.3, 0.4) is 0 Å². The average molecular weight is 320 g/mol. The minimum atomic E-state index is -0.366. The van der Waals surface area contributed by atoms with Crippen LogP contribution in [0.4, 0.5) is 4.39 Å². The third-order valence-corrected chi connectivity index (χ3v) is 4.21. The molecule has 0 saturated heterocycles. The van der Waals surface area contributed by atoms with Crippen LogP contribution in [0.5, 0.6) is 11.5 Å². The van der Waals surface area contributed by atoms with E-state index in [2.05, 4.69) is 0 Å². The maximum absolute atomic E-state index is 14.3. The predicted octanol–water partition coefficient (Wildman–Crippen LogP) is 6.64. The van der Waals surface area contributed by atoms with Crippen molar-refractivity contribution >= 4 is 21.9 Å². The Morgan fingerprint density at radius 1 is 0.875 bits per heavy atom. The number of fused-ring (bicyclic) bond motifs is 3. The lowest BCUT2D eigenvalue weighted by Gasteiger charge is -2.10. The molecule has 3 aromatic carbocycles. The van der Waals surface area contributed by atoms with Crippen LogP contribution in [0, 0.1) is 5.82 Å². The summed E-state index contributed by atoms with van der Waals surface area (Å²) in [4.78, 5) is 0. The van der Waals surface area contributed by atoms with Crippen molar-refractivity contribution in [1.82, 2.24) is 0 Å². The van der Waals surface area contributed by atoms with Gasteiger partial charge in [0.25, 0.3) is 0 Å². The van der Waals surface area contributed by atoms with Gasteiger partial charge in [0.2, 0.25) is 0 Å². The number of halogens is 1. The summed E-state index contributed by atoms with van der Waals surface area (Å²) in [5.74, 6) is 0.619. The topological polar surface area (TPSA) is 22.4 Å². The predicted molar refractivity (Wildman–Crippen MR) is 94.3 cm³/mol. The maximum Gasteiger partial charge on any atom is 0.177 e. The molecule has 0 fully saturated rings. The Hall–Kier alpha value is -2.81. The van der Waals surface area contributed by atoms with Gasteiger partial charge in [0.15, 0.2) is 22.9 Å². The molecule has 4 rings (SSSR count). The van der Waals surface area contributed by atoms with Gasteiger partial charge in [-0.2, -0.15) is 0 Å². The number of ether oxygens (including phenoxy) is 1. The summed E-state index contributed by atoms with van der Waals surface area (Å²) in [6, 6.07) is 18.6. The molecule has 0 bridgehead atoms. The zero-order valence-electron chi connectivity index (χ0n) is 13.5. The smallest absolute Gasteiger partial charge is 0.177 e. The lowest BCUT2D eigenvalue weighted by molar-refractivity contribution is 0.438. The SMILES string of the molecule is CC(C)c1ccc(Oc2cccc3c2oc2ccccc23)c(F)c1. The first-order chi connectivity index (χ1) is 11.6. The van der Waals surface area contributed by atoms with E-state index in [1.165, 1.54) is 6.07 Å². The summed E-state index contributed by atoms with van der Waals surface area (Å²) in [5.41, 5.74) is 2.37. The van der Waals surface area contributed by atoms with E-state index in [1.807, 2.05) is 56.3 Å². The van der Waals surface area contributed by atoms with Crippen molar-refractivity contribution in [3.05, 3.63) is 72.0 Å². The zero-order valence-corrected chi connectivity index (χ0v) is 13.5. The van der Waals surface area contributed by atoms with Crippen molar-refractivity contribution < 1.29 is 13.5 Å². The van der Waals surface area contributed by atoms with E-state index in [0.29, 0.717) is 11.3 Å². The summed E-state index contributed by atoms with van der Waals surface area (Å²) in [6.45, 7) is 4.06. The molecule has 0 amide bonds. The fourth-order valence-corrected chi connectivity index (χ4v) is 2.88. The molecule has 2 nitrogen and oxygen atoms in total. The molecule has 1 heterocycles. The van der Waals surface area contributed by atoms with E-state index in [1.54, 1.807) is 12.1 Å². The van der Waals surface area contributed by atoms with Crippen LogP contribution in [-0.4, -0.2) is 0 Å². The molecule has 0 unspecified atom stereocenters. The highest BCUT2D eigenvalue weighted by Crippen LogP contribution is 2.37. The second kappa shape index (κ2) is 5.68. The van der Waals surface area contributed by atoms with Crippen molar-refractivity contribution in [2.45, 2.75) is 19.8 Å². The van der Waals surface area contributed by atoms with E-state index in [9.17, 15) is 4.39 Å². The third-order valence-electron chi connectivity index (χ3n) is 4.21. The van der Waals surface area contributed by atoms with Crippen LogP contribution in [0.15, 0.2) is 65.1 Å². The van der Waals surface area contributed by atoms with Gasteiger partial charge in [-0.3, -0.25) is 0 Å². The summed E-state index contributed by atoms with van der Waals surface area (Å²) in [6.07, 6.45) is 0. The first-order valence-corrected chi connectivity index (χ1v) is 8.01. The van der Waals surface area contributed by atoms with Gasteiger partial charge in [0.1, 0.15) is 5.58 Å². The number of hydrogen-bond acceptors (Lipinski definition) is 2. The zero-order chi connectivity index (χ0) is 16.7. The van der Waals surface area contributed by atoms with Crippen LogP contribution < -0.4 is 4.74 Å². The van der Waals surface area contributed by atoms with E-state index in [0.717, 1.165) is 21.9 Å². The van der Waals surface area contributed by atoms with Crippen molar-refractivity contribution in [1.29, 1.82) is 0 Å². The van der Waals surface area contributed by atoms with Crippen molar-refractivity contribution in [2.24, 2.45) is 0 Å². The highest BCUT2D eigenvalue weighted by atomic mass is 19.1. The van der Waals surface area contributed by atoms with Gasteiger partial charge in [-0.25, -0.2) is 4.39 Å². The number of furan rings is 1. The van der Waals surface area contributed by atoms with Gasteiger partial charge < -0.3 is 9.15 Å². The Balaban J connectivity index is 1.80. The number of para-hydroxylation sites is 2.